The van der Waals surface area contributed by atoms with Crippen LogP contribution in [0.5, 0.6) is 0 Å². The van der Waals surface area contributed by atoms with Gasteiger partial charge in [0, 0.05) is 17.3 Å². The molecule has 0 aliphatic carbocycles. The molecule has 0 aromatic heterocycles. The van der Waals surface area contributed by atoms with E-state index in [-0.39, 0.29) is 17.6 Å². The molecule has 1 unspecified atom stereocenters. The van der Waals surface area contributed by atoms with E-state index in [0.717, 1.165) is 13.0 Å². The Kier molecular flexibility index (Phi) is 10.2. The summed E-state index contributed by atoms with van der Waals surface area (Å²) in [4.78, 5) is 0. The number of halogens is 1. The molecule has 0 radical (unpaired) electrons. The van der Waals surface area contributed by atoms with Crippen LogP contribution in [0.2, 0.25) is 0 Å². The molecule has 0 saturated heterocycles. The molecule has 0 rings (SSSR count). The molecule has 0 spiro atoms. The van der Waals surface area contributed by atoms with Crippen LogP contribution >= 0.6 is 10.7 Å². The van der Waals surface area contributed by atoms with Crippen molar-refractivity contribution >= 4 is 19.7 Å². The van der Waals surface area contributed by atoms with Gasteiger partial charge in [0.15, 0.2) is 0 Å². The smallest absolute Gasteiger partial charge is 0.232 e. The number of unbranched alkanes of at least 4 members (excludes halogenated alkanes) is 4. The zero-order valence-corrected chi connectivity index (χ0v) is 13.4. The van der Waals surface area contributed by atoms with Crippen LogP contribution in [0.15, 0.2) is 0 Å². The first-order valence-corrected chi connectivity index (χ1v) is 9.34. The fourth-order valence-corrected chi connectivity index (χ4v) is 3.21. The molecule has 3 nitrogen and oxygen atoms in total. The Morgan fingerprint density at radius 1 is 1.11 bits per heavy atom. The minimum Gasteiger partial charge on any atom is -0.381 e. The summed E-state index contributed by atoms with van der Waals surface area (Å²) < 4.78 is 27.7. The molecule has 0 heterocycles. The van der Waals surface area contributed by atoms with E-state index in [9.17, 15) is 8.42 Å². The van der Waals surface area contributed by atoms with E-state index < -0.39 is 9.05 Å². The van der Waals surface area contributed by atoms with Crippen molar-refractivity contribution in [1.82, 2.24) is 0 Å². The summed E-state index contributed by atoms with van der Waals surface area (Å²) in [5.74, 6) is 0.254. The van der Waals surface area contributed by atoms with Crippen molar-refractivity contribution in [1.29, 1.82) is 0 Å². The Labute approximate surface area is 117 Å². The van der Waals surface area contributed by atoms with E-state index in [2.05, 4.69) is 6.92 Å². The Morgan fingerprint density at radius 2 is 1.72 bits per heavy atom. The van der Waals surface area contributed by atoms with Crippen molar-refractivity contribution in [3.8, 4) is 0 Å². The topological polar surface area (TPSA) is 43.4 Å². The molecular weight excluding hydrogens is 272 g/mol. The van der Waals surface area contributed by atoms with Gasteiger partial charge in [0.1, 0.15) is 0 Å². The second-order valence-electron chi connectivity index (χ2n) is 5.20. The lowest BCUT2D eigenvalue weighted by Gasteiger charge is -2.19. The van der Waals surface area contributed by atoms with Crippen LogP contribution in [-0.2, 0) is 13.8 Å². The van der Waals surface area contributed by atoms with Crippen LogP contribution in [0.1, 0.15) is 52.9 Å². The quantitative estimate of drug-likeness (QED) is 0.430. The molecule has 0 aliphatic rings. The van der Waals surface area contributed by atoms with Crippen LogP contribution in [0.3, 0.4) is 0 Å². The standard InChI is InChI=1S/C13H27ClO3S/c1-4-5-6-7-8-9-17-10-13(12(2)3)11-18(14,15)16/h12-13H,4-11H2,1-3H3. The third kappa shape index (κ3) is 11.3. The van der Waals surface area contributed by atoms with Crippen molar-refractivity contribution in [2.75, 3.05) is 19.0 Å². The van der Waals surface area contributed by atoms with Crippen LogP contribution in [-0.4, -0.2) is 27.4 Å². The monoisotopic (exact) mass is 298 g/mol. The largest absolute Gasteiger partial charge is 0.381 e. The maximum Gasteiger partial charge on any atom is 0.232 e. The van der Waals surface area contributed by atoms with Gasteiger partial charge in [0.05, 0.1) is 12.4 Å². The minimum absolute atomic E-state index is 0.00204. The Morgan fingerprint density at radius 3 is 2.22 bits per heavy atom. The van der Waals surface area contributed by atoms with Crippen molar-refractivity contribution in [3.05, 3.63) is 0 Å². The Bertz CT molecular complexity index is 289. The average Bonchev–Trinajstić information content (AvgIpc) is 2.24. The summed E-state index contributed by atoms with van der Waals surface area (Å²) in [6.45, 7) is 7.39. The summed E-state index contributed by atoms with van der Waals surface area (Å²) in [5.41, 5.74) is 0. The highest BCUT2D eigenvalue weighted by molar-refractivity contribution is 8.13. The van der Waals surface area contributed by atoms with E-state index in [1.165, 1.54) is 25.7 Å². The van der Waals surface area contributed by atoms with E-state index in [1.54, 1.807) is 0 Å². The molecule has 0 fully saturated rings. The summed E-state index contributed by atoms with van der Waals surface area (Å²) in [6, 6.07) is 0. The van der Waals surface area contributed by atoms with Gasteiger partial charge in [-0.3, -0.25) is 0 Å². The first-order valence-electron chi connectivity index (χ1n) is 6.87. The number of ether oxygens (including phenoxy) is 1. The molecule has 5 heteroatoms. The van der Waals surface area contributed by atoms with E-state index in [4.69, 9.17) is 15.4 Å². The lowest BCUT2D eigenvalue weighted by molar-refractivity contribution is 0.0879. The Balaban J connectivity index is 3.72. The highest BCUT2D eigenvalue weighted by Crippen LogP contribution is 2.16. The lowest BCUT2D eigenvalue weighted by Crippen LogP contribution is -2.23. The first kappa shape index (κ1) is 18.2. The zero-order valence-electron chi connectivity index (χ0n) is 11.8. The fraction of sp³-hybridized carbons (Fsp3) is 1.00. The van der Waals surface area contributed by atoms with Gasteiger partial charge in [0.2, 0.25) is 9.05 Å². The van der Waals surface area contributed by atoms with Gasteiger partial charge < -0.3 is 4.74 Å². The van der Waals surface area contributed by atoms with E-state index in [1.807, 2.05) is 13.8 Å². The first-order chi connectivity index (χ1) is 8.37. The normalized spacial score (nSPS) is 14.1. The minimum atomic E-state index is -3.43. The maximum absolute atomic E-state index is 11.1. The van der Waals surface area contributed by atoms with Crippen LogP contribution < -0.4 is 0 Å². The molecule has 0 N–H and O–H groups in total. The molecule has 0 aliphatic heterocycles. The lowest BCUT2D eigenvalue weighted by atomic mass is 9.99. The van der Waals surface area contributed by atoms with Crippen LogP contribution in [0.4, 0.5) is 0 Å². The second-order valence-corrected chi connectivity index (χ2v) is 8.02. The summed E-state index contributed by atoms with van der Waals surface area (Å²) in [5, 5.41) is 0. The van der Waals surface area contributed by atoms with E-state index in [0.29, 0.717) is 6.61 Å². The predicted octanol–water partition coefficient (Wildman–Crippen LogP) is 3.81. The molecule has 0 amide bonds. The van der Waals surface area contributed by atoms with Gasteiger partial charge in [-0.15, -0.1) is 0 Å². The molecular formula is C13H27ClO3S. The van der Waals surface area contributed by atoms with Gasteiger partial charge in [-0.1, -0.05) is 46.5 Å². The van der Waals surface area contributed by atoms with Crippen molar-refractivity contribution in [2.45, 2.75) is 52.9 Å². The SMILES string of the molecule is CCCCCCCOCC(CS(=O)(=O)Cl)C(C)C. The highest BCUT2D eigenvalue weighted by atomic mass is 35.7. The highest BCUT2D eigenvalue weighted by Gasteiger charge is 2.20. The number of hydrogen-bond donors (Lipinski definition) is 0. The molecule has 18 heavy (non-hydrogen) atoms. The molecule has 0 aromatic carbocycles. The summed E-state index contributed by atoms with van der Waals surface area (Å²) >= 11 is 0. The Hall–Kier alpha value is 0.200. The average molecular weight is 299 g/mol. The zero-order chi connectivity index (χ0) is 14.0. The van der Waals surface area contributed by atoms with Gasteiger partial charge in [-0.05, 0) is 18.3 Å². The van der Waals surface area contributed by atoms with Crippen LogP contribution in [0, 0.1) is 11.8 Å². The molecule has 0 aromatic rings. The number of hydrogen-bond acceptors (Lipinski definition) is 3. The van der Waals surface area contributed by atoms with Crippen molar-refractivity contribution in [2.24, 2.45) is 11.8 Å². The number of rotatable bonds is 11. The van der Waals surface area contributed by atoms with Gasteiger partial charge in [-0.2, -0.15) is 0 Å². The third-order valence-electron chi connectivity index (χ3n) is 3.08. The third-order valence-corrected chi connectivity index (χ3v) is 4.28. The van der Waals surface area contributed by atoms with Gasteiger partial charge >= 0.3 is 0 Å². The molecule has 0 bridgehead atoms. The van der Waals surface area contributed by atoms with Crippen molar-refractivity contribution < 1.29 is 13.2 Å². The second kappa shape index (κ2) is 10.0. The molecule has 1 atom stereocenters. The fourth-order valence-electron chi connectivity index (χ4n) is 1.73. The van der Waals surface area contributed by atoms with Crippen LogP contribution in [0.25, 0.3) is 0 Å². The van der Waals surface area contributed by atoms with Gasteiger partial charge in [0.25, 0.3) is 0 Å². The maximum atomic E-state index is 11.1. The van der Waals surface area contributed by atoms with E-state index >= 15 is 0 Å². The van der Waals surface area contributed by atoms with Gasteiger partial charge in [-0.25, -0.2) is 8.42 Å². The summed E-state index contributed by atoms with van der Waals surface area (Å²) in [7, 11) is 1.86. The molecule has 110 valence electrons. The van der Waals surface area contributed by atoms with Crippen molar-refractivity contribution in [3.63, 3.8) is 0 Å². The summed E-state index contributed by atoms with van der Waals surface area (Å²) in [6.07, 6.45) is 6.01. The molecule has 0 saturated carbocycles. The predicted molar refractivity (Wildman–Crippen MR) is 77.5 cm³/mol.